The SMILES string of the molecule is O=C(CN1CCOCC1)Nc1cc(C(=O)Cc2nnc(-c3ccncc3)s2)ccc1OC1CC1. The molecular formula is C24H25N5O4S. The summed E-state index contributed by atoms with van der Waals surface area (Å²) < 4.78 is 11.3. The van der Waals surface area contributed by atoms with Crippen LogP contribution in [0, 0.1) is 0 Å². The van der Waals surface area contributed by atoms with E-state index in [1.807, 2.05) is 17.0 Å². The highest BCUT2D eigenvalue weighted by atomic mass is 32.1. The van der Waals surface area contributed by atoms with E-state index in [0.29, 0.717) is 35.2 Å². The van der Waals surface area contributed by atoms with Gasteiger partial charge in [0.1, 0.15) is 15.8 Å². The fourth-order valence-corrected chi connectivity index (χ4v) is 4.44. The molecule has 0 unspecified atom stereocenters. The van der Waals surface area contributed by atoms with Gasteiger partial charge in [0.2, 0.25) is 5.91 Å². The van der Waals surface area contributed by atoms with Crippen LogP contribution in [0.25, 0.3) is 10.6 Å². The zero-order chi connectivity index (χ0) is 23.3. The number of amides is 1. The van der Waals surface area contributed by atoms with Crippen LogP contribution in [-0.4, -0.2) is 70.7 Å². The van der Waals surface area contributed by atoms with E-state index in [4.69, 9.17) is 9.47 Å². The Morgan fingerprint density at radius 2 is 1.91 bits per heavy atom. The lowest BCUT2D eigenvalue weighted by atomic mass is 10.1. The van der Waals surface area contributed by atoms with Crippen LogP contribution in [0.1, 0.15) is 28.2 Å². The molecule has 176 valence electrons. The van der Waals surface area contributed by atoms with Crippen molar-refractivity contribution in [2.45, 2.75) is 25.4 Å². The smallest absolute Gasteiger partial charge is 0.238 e. The lowest BCUT2D eigenvalue weighted by molar-refractivity contribution is -0.118. The number of nitrogens with one attached hydrogen (secondary N) is 1. The predicted molar refractivity (Wildman–Crippen MR) is 127 cm³/mol. The maximum absolute atomic E-state index is 13.0. The van der Waals surface area contributed by atoms with Gasteiger partial charge >= 0.3 is 0 Å². The van der Waals surface area contributed by atoms with Gasteiger partial charge in [0.05, 0.1) is 38.0 Å². The molecule has 1 saturated heterocycles. The lowest BCUT2D eigenvalue weighted by Gasteiger charge is -2.26. The van der Waals surface area contributed by atoms with Gasteiger partial charge in [-0.15, -0.1) is 10.2 Å². The minimum atomic E-state index is -0.140. The molecular weight excluding hydrogens is 454 g/mol. The Hall–Kier alpha value is -3.21. The summed E-state index contributed by atoms with van der Waals surface area (Å²) in [6, 6.07) is 8.91. The molecule has 2 aliphatic rings. The number of nitrogens with zero attached hydrogens (tertiary/aromatic N) is 4. The van der Waals surface area contributed by atoms with Gasteiger partial charge in [-0.05, 0) is 43.2 Å². The van der Waals surface area contributed by atoms with Crippen molar-refractivity contribution < 1.29 is 19.1 Å². The molecule has 1 aliphatic heterocycles. The van der Waals surface area contributed by atoms with Crippen molar-refractivity contribution in [2.24, 2.45) is 0 Å². The first-order chi connectivity index (χ1) is 16.6. The molecule has 0 atom stereocenters. The number of hydrogen-bond donors (Lipinski definition) is 1. The molecule has 0 spiro atoms. The molecule has 34 heavy (non-hydrogen) atoms. The van der Waals surface area contributed by atoms with E-state index < -0.39 is 0 Å². The number of rotatable bonds is 9. The van der Waals surface area contributed by atoms with Crippen LogP contribution < -0.4 is 10.1 Å². The summed E-state index contributed by atoms with van der Waals surface area (Å²) in [5.74, 6) is 0.350. The molecule has 3 heterocycles. The van der Waals surface area contributed by atoms with Crippen LogP contribution in [0.15, 0.2) is 42.7 Å². The molecule has 5 rings (SSSR count). The zero-order valence-electron chi connectivity index (χ0n) is 18.6. The highest BCUT2D eigenvalue weighted by Gasteiger charge is 2.26. The first-order valence-corrected chi connectivity index (χ1v) is 12.1. The average Bonchev–Trinajstić information content (AvgIpc) is 3.56. The summed E-state index contributed by atoms with van der Waals surface area (Å²) in [6.07, 6.45) is 5.69. The number of aromatic nitrogens is 3. The standard InChI is InChI=1S/C24H25N5O4S/c30-20(14-23-27-28-24(34-23)16-5-7-25-8-6-16)17-1-4-21(33-18-2-3-18)19(13-17)26-22(31)15-29-9-11-32-12-10-29/h1,4-8,13,18H,2-3,9-12,14-15H2,(H,26,31). The van der Waals surface area contributed by atoms with Crippen LogP contribution >= 0.6 is 11.3 Å². The average molecular weight is 480 g/mol. The summed E-state index contributed by atoms with van der Waals surface area (Å²) in [7, 11) is 0. The highest BCUT2D eigenvalue weighted by Crippen LogP contribution is 2.33. The van der Waals surface area contributed by atoms with Crippen LogP contribution in [0.2, 0.25) is 0 Å². The van der Waals surface area contributed by atoms with Crippen molar-refractivity contribution >= 4 is 28.7 Å². The summed E-state index contributed by atoms with van der Waals surface area (Å²) in [5, 5.41) is 12.7. The van der Waals surface area contributed by atoms with Crippen molar-refractivity contribution in [2.75, 3.05) is 38.2 Å². The number of anilines is 1. The summed E-state index contributed by atoms with van der Waals surface area (Å²) in [6.45, 7) is 2.97. The number of morpholine rings is 1. The Balaban J connectivity index is 1.28. The summed E-state index contributed by atoms with van der Waals surface area (Å²) in [4.78, 5) is 31.8. The van der Waals surface area contributed by atoms with E-state index in [9.17, 15) is 9.59 Å². The second-order valence-electron chi connectivity index (χ2n) is 8.30. The van der Waals surface area contributed by atoms with Crippen molar-refractivity contribution in [3.05, 3.63) is 53.3 Å². The van der Waals surface area contributed by atoms with E-state index in [2.05, 4.69) is 20.5 Å². The van der Waals surface area contributed by atoms with Crippen LogP contribution in [0.4, 0.5) is 5.69 Å². The molecule has 1 saturated carbocycles. The highest BCUT2D eigenvalue weighted by molar-refractivity contribution is 7.14. The topological polar surface area (TPSA) is 107 Å². The van der Waals surface area contributed by atoms with Crippen LogP contribution in [0.5, 0.6) is 5.75 Å². The molecule has 1 N–H and O–H groups in total. The number of benzene rings is 1. The van der Waals surface area contributed by atoms with E-state index in [-0.39, 0.29) is 30.8 Å². The van der Waals surface area contributed by atoms with Gasteiger partial charge < -0.3 is 14.8 Å². The minimum Gasteiger partial charge on any atom is -0.488 e. The predicted octanol–water partition coefficient (Wildman–Crippen LogP) is 2.84. The number of ether oxygens (including phenoxy) is 2. The first-order valence-electron chi connectivity index (χ1n) is 11.3. The number of hydrogen-bond acceptors (Lipinski definition) is 9. The van der Waals surface area contributed by atoms with Gasteiger partial charge in [-0.3, -0.25) is 19.5 Å². The second-order valence-corrected chi connectivity index (χ2v) is 9.36. The van der Waals surface area contributed by atoms with Gasteiger partial charge in [-0.2, -0.15) is 0 Å². The third-order valence-electron chi connectivity index (χ3n) is 5.57. The van der Waals surface area contributed by atoms with Crippen molar-refractivity contribution in [1.29, 1.82) is 0 Å². The quantitative estimate of drug-likeness (QED) is 0.467. The van der Waals surface area contributed by atoms with Gasteiger partial charge in [0, 0.05) is 36.6 Å². The van der Waals surface area contributed by atoms with E-state index in [0.717, 1.165) is 36.5 Å². The Bertz CT molecular complexity index is 1160. The van der Waals surface area contributed by atoms with Gasteiger partial charge in [0.15, 0.2) is 5.78 Å². The second kappa shape index (κ2) is 10.4. The number of pyridine rings is 1. The van der Waals surface area contributed by atoms with E-state index >= 15 is 0 Å². The molecule has 1 aliphatic carbocycles. The Morgan fingerprint density at radius 3 is 2.68 bits per heavy atom. The molecule has 3 aromatic rings. The normalized spacial score (nSPS) is 16.2. The van der Waals surface area contributed by atoms with Crippen molar-refractivity contribution in [1.82, 2.24) is 20.1 Å². The first kappa shape index (κ1) is 22.6. The molecule has 0 bridgehead atoms. The fraction of sp³-hybridized carbons (Fsp3) is 0.375. The lowest BCUT2D eigenvalue weighted by Crippen LogP contribution is -2.41. The molecule has 9 nitrogen and oxygen atoms in total. The molecule has 0 radical (unpaired) electrons. The van der Waals surface area contributed by atoms with Crippen LogP contribution in [-0.2, 0) is 16.0 Å². The maximum Gasteiger partial charge on any atom is 0.238 e. The number of ketones is 1. The van der Waals surface area contributed by atoms with Crippen LogP contribution in [0.3, 0.4) is 0 Å². The minimum absolute atomic E-state index is 0.0981. The third-order valence-corrected chi connectivity index (χ3v) is 6.54. The van der Waals surface area contributed by atoms with Gasteiger partial charge in [-0.1, -0.05) is 11.3 Å². The van der Waals surface area contributed by atoms with Crippen molar-refractivity contribution in [3.8, 4) is 16.3 Å². The molecule has 1 aromatic carbocycles. The summed E-state index contributed by atoms with van der Waals surface area (Å²) in [5.41, 5.74) is 1.93. The molecule has 2 aromatic heterocycles. The summed E-state index contributed by atoms with van der Waals surface area (Å²) >= 11 is 1.38. The number of carbonyl (C=O) groups is 2. The Morgan fingerprint density at radius 1 is 1.12 bits per heavy atom. The Labute approximate surface area is 201 Å². The number of carbonyl (C=O) groups excluding carboxylic acids is 2. The molecule has 1 amide bonds. The third kappa shape index (κ3) is 5.82. The maximum atomic E-state index is 13.0. The largest absolute Gasteiger partial charge is 0.488 e. The monoisotopic (exact) mass is 479 g/mol. The van der Waals surface area contributed by atoms with E-state index in [1.165, 1.54) is 11.3 Å². The fourth-order valence-electron chi connectivity index (χ4n) is 3.60. The van der Waals surface area contributed by atoms with E-state index in [1.54, 1.807) is 30.6 Å². The Kier molecular flexibility index (Phi) is 6.89. The number of Topliss-reactive ketones (excluding diaryl/α,β-unsaturated/α-hetero) is 1. The van der Waals surface area contributed by atoms with Gasteiger partial charge in [-0.25, -0.2) is 0 Å². The molecule has 10 heteroatoms. The zero-order valence-corrected chi connectivity index (χ0v) is 19.4. The van der Waals surface area contributed by atoms with Crippen molar-refractivity contribution in [3.63, 3.8) is 0 Å². The van der Waals surface area contributed by atoms with Gasteiger partial charge in [0.25, 0.3) is 0 Å². The molecule has 2 fully saturated rings.